The van der Waals surface area contributed by atoms with Crippen LogP contribution in [0.4, 0.5) is 0 Å². The van der Waals surface area contributed by atoms with E-state index in [0.29, 0.717) is 12.5 Å². The Labute approximate surface area is 117 Å². The van der Waals surface area contributed by atoms with Gasteiger partial charge in [-0.2, -0.15) is 5.26 Å². The minimum Gasteiger partial charge on any atom is -0.309 e. The molecule has 0 fully saturated rings. The fraction of sp³-hybridized carbons (Fsp3) is 0.588. The summed E-state index contributed by atoms with van der Waals surface area (Å²) in [4.78, 5) is 0. The minimum atomic E-state index is 0.177. The summed E-state index contributed by atoms with van der Waals surface area (Å²) in [5.74, 6) is 0. The lowest BCUT2D eigenvalue weighted by Crippen LogP contribution is -2.32. The van der Waals surface area contributed by atoms with Gasteiger partial charge >= 0.3 is 0 Å². The smallest absolute Gasteiger partial charge is 0.0621 e. The molecule has 0 aliphatic rings. The molecule has 0 aromatic heterocycles. The van der Waals surface area contributed by atoms with Crippen molar-refractivity contribution in [2.24, 2.45) is 5.41 Å². The molecule has 2 nitrogen and oxygen atoms in total. The van der Waals surface area contributed by atoms with Crippen LogP contribution in [0.3, 0.4) is 0 Å². The average Bonchev–Trinajstić information content (AvgIpc) is 2.42. The van der Waals surface area contributed by atoms with Gasteiger partial charge in [-0.1, -0.05) is 57.5 Å². The van der Waals surface area contributed by atoms with E-state index in [0.717, 1.165) is 19.4 Å². The molecule has 0 aliphatic heterocycles. The Morgan fingerprint density at radius 1 is 1.26 bits per heavy atom. The van der Waals surface area contributed by atoms with Crippen molar-refractivity contribution in [2.75, 3.05) is 6.54 Å². The Morgan fingerprint density at radius 2 is 1.95 bits per heavy atom. The summed E-state index contributed by atoms with van der Waals surface area (Å²) in [5, 5.41) is 12.4. The van der Waals surface area contributed by atoms with Gasteiger partial charge < -0.3 is 5.32 Å². The SMILES string of the molecule is CCCC(NCC(C)(C)CCC#N)c1ccccc1. The van der Waals surface area contributed by atoms with E-state index in [-0.39, 0.29) is 5.41 Å². The van der Waals surface area contributed by atoms with Crippen molar-refractivity contribution in [1.29, 1.82) is 5.26 Å². The Kier molecular flexibility index (Phi) is 6.59. The zero-order chi connectivity index (χ0) is 14.1. The molecule has 0 radical (unpaired) electrons. The number of hydrogen-bond acceptors (Lipinski definition) is 2. The standard InChI is InChI=1S/C17H26N2/c1-4-9-16(15-10-6-5-7-11-15)19-14-17(2,3)12-8-13-18/h5-7,10-11,16,19H,4,8-9,12,14H2,1-3H3. The molecule has 0 amide bonds. The highest BCUT2D eigenvalue weighted by Crippen LogP contribution is 2.24. The summed E-state index contributed by atoms with van der Waals surface area (Å²) in [6, 6.07) is 13.3. The molecule has 0 bridgehead atoms. The maximum Gasteiger partial charge on any atom is 0.0621 e. The molecular formula is C17H26N2. The van der Waals surface area contributed by atoms with Gasteiger partial charge in [-0.3, -0.25) is 0 Å². The van der Waals surface area contributed by atoms with Crippen LogP contribution in [0.25, 0.3) is 0 Å². The van der Waals surface area contributed by atoms with E-state index < -0.39 is 0 Å². The molecule has 0 saturated heterocycles. The van der Waals surface area contributed by atoms with Crippen LogP contribution in [-0.2, 0) is 0 Å². The zero-order valence-corrected chi connectivity index (χ0v) is 12.4. The van der Waals surface area contributed by atoms with Gasteiger partial charge in [0.15, 0.2) is 0 Å². The normalized spacial score (nSPS) is 12.9. The number of hydrogen-bond donors (Lipinski definition) is 1. The summed E-state index contributed by atoms with van der Waals surface area (Å²) in [5.41, 5.74) is 1.54. The van der Waals surface area contributed by atoms with E-state index in [4.69, 9.17) is 5.26 Å². The minimum absolute atomic E-state index is 0.177. The number of nitrogens with one attached hydrogen (secondary N) is 1. The van der Waals surface area contributed by atoms with Crippen molar-refractivity contribution < 1.29 is 0 Å². The molecule has 1 aromatic carbocycles. The Hall–Kier alpha value is -1.33. The average molecular weight is 258 g/mol. The van der Waals surface area contributed by atoms with Gasteiger partial charge in [-0.25, -0.2) is 0 Å². The molecule has 1 unspecified atom stereocenters. The summed E-state index contributed by atoms with van der Waals surface area (Å²) in [6.07, 6.45) is 3.91. The van der Waals surface area contributed by atoms with Gasteiger partial charge in [-0.05, 0) is 23.8 Å². The fourth-order valence-electron chi connectivity index (χ4n) is 2.24. The lowest BCUT2D eigenvalue weighted by atomic mass is 9.87. The van der Waals surface area contributed by atoms with Gasteiger partial charge in [0.25, 0.3) is 0 Å². The second-order valence-electron chi connectivity index (χ2n) is 5.96. The van der Waals surface area contributed by atoms with Crippen molar-refractivity contribution in [2.45, 2.75) is 52.5 Å². The second-order valence-corrected chi connectivity index (χ2v) is 5.96. The highest BCUT2D eigenvalue weighted by atomic mass is 14.9. The van der Waals surface area contributed by atoms with Gasteiger partial charge in [0.1, 0.15) is 0 Å². The maximum atomic E-state index is 8.70. The predicted octanol–water partition coefficient (Wildman–Crippen LogP) is 4.45. The largest absolute Gasteiger partial charge is 0.309 e. The third-order valence-electron chi connectivity index (χ3n) is 3.52. The van der Waals surface area contributed by atoms with Crippen LogP contribution < -0.4 is 5.32 Å². The first-order valence-electron chi connectivity index (χ1n) is 7.24. The van der Waals surface area contributed by atoms with Gasteiger partial charge in [-0.15, -0.1) is 0 Å². The van der Waals surface area contributed by atoms with Crippen molar-refractivity contribution in [1.82, 2.24) is 5.32 Å². The summed E-state index contributed by atoms with van der Waals surface area (Å²) in [6.45, 7) is 7.63. The number of nitriles is 1. The third-order valence-corrected chi connectivity index (χ3v) is 3.52. The summed E-state index contributed by atoms with van der Waals surface area (Å²) in [7, 11) is 0. The number of benzene rings is 1. The molecule has 1 N–H and O–H groups in total. The predicted molar refractivity (Wildman–Crippen MR) is 80.7 cm³/mol. The molecule has 1 rings (SSSR count). The van der Waals surface area contributed by atoms with Gasteiger partial charge in [0.2, 0.25) is 0 Å². The monoisotopic (exact) mass is 258 g/mol. The molecule has 0 saturated carbocycles. The van der Waals surface area contributed by atoms with Crippen molar-refractivity contribution in [3.8, 4) is 6.07 Å². The van der Waals surface area contributed by atoms with Crippen molar-refractivity contribution in [3.05, 3.63) is 35.9 Å². The van der Waals surface area contributed by atoms with Crippen LogP contribution in [0, 0.1) is 16.7 Å². The van der Waals surface area contributed by atoms with E-state index >= 15 is 0 Å². The first-order chi connectivity index (χ1) is 9.09. The third kappa shape index (κ3) is 5.89. The molecule has 104 valence electrons. The van der Waals surface area contributed by atoms with Crippen LogP contribution in [0.5, 0.6) is 0 Å². The zero-order valence-electron chi connectivity index (χ0n) is 12.4. The molecule has 19 heavy (non-hydrogen) atoms. The maximum absolute atomic E-state index is 8.70. The fourth-order valence-corrected chi connectivity index (χ4v) is 2.24. The van der Waals surface area contributed by atoms with Gasteiger partial charge in [0.05, 0.1) is 6.07 Å². The molecule has 0 aliphatic carbocycles. The van der Waals surface area contributed by atoms with Crippen LogP contribution in [0.1, 0.15) is 58.1 Å². The number of nitrogens with zero attached hydrogens (tertiary/aromatic N) is 1. The summed E-state index contributed by atoms with van der Waals surface area (Å²) >= 11 is 0. The molecule has 2 heteroatoms. The van der Waals surface area contributed by atoms with Crippen LogP contribution in [-0.4, -0.2) is 6.54 Å². The highest BCUT2D eigenvalue weighted by Gasteiger charge is 2.19. The lowest BCUT2D eigenvalue weighted by molar-refractivity contribution is 0.296. The first-order valence-corrected chi connectivity index (χ1v) is 7.24. The topological polar surface area (TPSA) is 35.8 Å². The molecule has 0 spiro atoms. The van der Waals surface area contributed by atoms with E-state index in [9.17, 15) is 0 Å². The van der Waals surface area contributed by atoms with Gasteiger partial charge in [0, 0.05) is 19.0 Å². The van der Waals surface area contributed by atoms with E-state index in [1.54, 1.807) is 0 Å². The lowest BCUT2D eigenvalue weighted by Gasteiger charge is -2.28. The van der Waals surface area contributed by atoms with E-state index in [1.165, 1.54) is 12.0 Å². The molecule has 1 aromatic rings. The molecule has 1 atom stereocenters. The van der Waals surface area contributed by atoms with Crippen LogP contribution in [0.15, 0.2) is 30.3 Å². The van der Waals surface area contributed by atoms with E-state index in [1.807, 2.05) is 0 Å². The molecule has 0 heterocycles. The Bertz CT molecular complexity index is 389. The first kappa shape index (κ1) is 15.7. The van der Waals surface area contributed by atoms with Crippen LogP contribution >= 0.6 is 0 Å². The van der Waals surface area contributed by atoms with Crippen molar-refractivity contribution in [3.63, 3.8) is 0 Å². The highest BCUT2D eigenvalue weighted by molar-refractivity contribution is 5.18. The number of rotatable bonds is 8. The van der Waals surface area contributed by atoms with Crippen LogP contribution in [0.2, 0.25) is 0 Å². The quantitative estimate of drug-likeness (QED) is 0.748. The Morgan fingerprint density at radius 3 is 2.53 bits per heavy atom. The molecular weight excluding hydrogens is 232 g/mol. The Balaban J connectivity index is 2.58. The second kappa shape index (κ2) is 7.96. The van der Waals surface area contributed by atoms with Crippen molar-refractivity contribution >= 4 is 0 Å². The summed E-state index contributed by atoms with van der Waals surface area (Å²) < 4.78 is 0. The van der Waals surface area contributed by atoms with E-state index in [2.05, 4.69) is 62.5 Å².